The molecule has 0 saturated carbocycles. The summed E-state index contributed by atoms with van der Waals surface area (Å²) in [5.41, 5.74) is 1.73. The number of thiophene rings is 1. The fourth-order valence-electron chi connectivity index (χ4n) is 3.32. The fraction of sp³-hybridized carbons (Fsp3) is 0.409. The molecule has 1 aromatic carbocycles. The maximum absolute atomic E-state index is 12.9. The molecule has 0 fully saturated rings. The van der Waals surface area contributed by atoms with Crippen molar-refractivity contribution in [1.29, 1.82) is 0 Å². The number of carbonyl (C=O) groups is 1. The van der Waals surface area contributed by atoms with Gasteiger partial charge in [0.25, 0.3) is 5.56 Å². The lowest BCUT2D eigenvalue weighted by atomic mass is 10.2. The Morgan fingerprint density at radius 1 is 1.16 bits per heavy atom. The van der Waals surface area contributed by atoms with Gasteiger partial charge in [0.1, 0.15) is 4.83 Å². The molecule has 2 aromatic heterocycles. The molecule has 1 N–H and O–H groups in total. The third-order valence-corrected chi connectivity index (χ3v) is 7.19. The normalized spacial score (nSPS) is 10.9. The summed E-state index contributed by atoms with van der Waals surface area (Å²) in [5.74, 6) is 1.53. The zero-order valence-electron chi connectivity index (χ0n) is 19.0. The van der Waals surface area contributed by atoms with Crippen molar-refractivity contribution in [2.24, 2.45) is 0 Å². The maximum atomic E-state index is 12.9. The van der Waals surface area contributed by atoms with Crippen LogP contribution >= 0.6 is 23.1 Å². The number of ether oxygens (including phenoxy) is 3. The highest BCUT2D eigenvalue weighted by Crippen LogP contribution is 2.38. The van der Waals surface area contributed by atoms with Crippen molar-refractivity contribution < 1.29 is 19.0 Å². The van der Waals surface area contributed by atoms with Crippen LogP contribution in [0.1, 0.15) is 22.9 Å². The molecular formula is C22H27N3O5S2. The zero-order valence-corrected chi connectivity index (χ0v) is 20.7. The number of rotatable bonds is 9. The molecule has 2 heterocycles. The number of nitrogens with one attached hydrogen (secondary N) is 1. The Morgan fingerprint density at radius 3 is 2.38 bits per heavy atom. The Kier molecular flexibility index (Phi) is 7.68. The van der Waals surface area contributed by atoms with Gasteiger partial charge in [-0.15, -0.1) is 11.3 Å². The first-order valence-corrected chi connectivity index (χ1v) is 11.8. The predicted molar refractivity (Wildman–Crippen MR) is 128 cm³/mol. The minimum atomic E-state index is -0.167. The number of aryl methyl sites for hydroxylation is 2. The largest absolute Gasteiger partial charge is 0.493 e. The number of nitrogens with zero attached hydrogens (tertiary/aromatic N) is 2. The number of methoxy groups -OCH3 is 3. The van der Waals surface area contributed by atoms with Gasteiger partial charge in [-0.05, 0) is 44.0 Å². The molecule has 172 valence electrons. The van der Waals surface area contributed by atoms with Gasteiger partial charge in [-0.25, -0.2) is 4.98 Å². The quantitative estimate of drug-likeness (QED) is 0.372. The van der Waals surface area contributed by atoms with Gasteiger partial charge in [0.05, 0.1) is 32.5 Å². The van der Waals surface area contributed by atoms with E-state index in [2.05, 4.69) is 10.3 Å². The molecule has 0 aliphatic carbocycles. The molecule has 0 unspecified atom stereocenters. The van der Waals surface area contributed by atoms with E-state index in [1.165, 1.54) is 23.1 Å². The minimum Gasteiger partial charge on any atom is -0.493 e. The molecule has 3 rings (SSSR count). The third kappa shape index (κ3) is 4.71. The summed E-state index contributed by atoms with van der Waals surface area (Å²) < 4.78 is 17.7. The van der Waals surface area contributed by atoms with E-state index in [0.29, 0.717) is 40.9 Å². The van der Waals surface area contributed by atoms with Gasteiger partial charge >= 0.3 is 0 Å². The van der Waals surface area contributed by atoms with Crippen molar-refractivity contribution in [1.82, 2.24) is 14.9 Å². The smallest absolute Gasteiger partial charge is 0.263 e. The highest BCUT2D eigenvalue weighted by atomic mass is 32.2. The molecule has 0 bridgehead atoms. The Labute approximate surface area is 194 Å². The molecule has 1 amide bonds. The molecule has 10 heteroatoms. The first-order chi connectivity index (χ1) is 15.3. The van der Waals surface area contributed by atoms with Crippen molar-refractivity contribution in [2.75, 3.05) is 27.1 Å². The van der Waals surface area contributed by atoms with E-state index < -0.39 is 0 Å². The molecule has 32 heavy (non-hydrogen) atoms. The Bertz CT molecular complexity index is 1180. The number of amides is 1. The maximum Gasteiger partial charge on any atom is 0.263 e. The summed E-state index contributed by atoms with van der Waals surface area (Å²) >= 11 is 2.76. The van der Waals surface area contributed by atoms with Gasteiger partial charge in [-0.1, -0.05) is 11.8 Å². The van der Waals surface area contributed by atoms with Crippen LogP contribution in [0.5, 0.6) is 17.2 Å². The van der Waals surface area contributed by atoms with Gasteiger partial charge in [0, 0.05) is 18.0 Å². The summed E-state index contributed by atoms with van der Waals surface area (Å²) in [5, 5.41) is 4.11. The van der Waals surface area contributed by atoms with Crippen molar-refractivity contribution in [2.45, 2.75) is 39.0 Å². The number of thioether (sulfide) groups is 1. The third-order valence-electron chi connectivity index (χ3n) is 5.12. The van der Waals surface area contributed by atoms with Gasteiger partial charge in [-0.3, -0.25) is 14.2 Å². The molecule has 0 atom stereocenters. The lowest BCUT2D eigenvalue weighted by Crippen LogP contribution is -2.26. The Morgan fingerprint density at radius 2 is 1.81 bits per heavy atom. The minimum absolute atomic E-state index is 0.0559. The van der Waals surface area contributed by atoms with Crippen LogP contribution < -0.4 is 25.1 Å². The first kappa shape index (κ1) is 23.9. The van der Waals surface area contributed by atoms with E-state index in [1.54, 1.807) is 38.0 Å². The summed E-state index contributed by atoms with van der Waals surface area (Å²) in [7, 11) is 4.63. The van der Waals surface area contributed by atoms with Crippen LogP contribution in [0.15, 0.2) is 22.1 Å². The van der Waals surface area contributed by atoms with E-state index in [4.69, 9.17) is 14.2 Å². The van der Waals surface area contributed by atoms with Gasteiger partial charge < -0.3 is 19.5 Å². The number of carbonyl (C=O) groups excluding carboxylic acids is 1. The summed E-state index contributed by atoms with van der Waals surface area (Å²) in [6.07, 6.45) is 0. The molecular weight excluding hydrogens is 450 g/mol. The second kappa shape index (κ2) is 10.3. The number of fused-ring (bicyclic) bond motifs is 1. The molecule has 0 aliphatic rings. The number of hydrogen-bond donors (Lipinski definition) is 1. The fourth-order valence-corrected chi connectivity index (χ4v) is 5.28. The van der Waals surface area contributed by atoms with Crippen molar-refractivity contribution in [3.63, 3.8) is 0 Å². The average Bonchev–Trinajstić information content (AvgIpc) is 3.08. The second-order valence-electron chi connectivity index (χ2n) is 7.01. The van der Waals surface area contributed by atoms with E-state index >= 15 is 0 Å². The summed E-state index contributed by atoms with van der Waals surface area (Å²) in [4.78, 5) is 31.9. The van der Waals surface area contributed by atoms with E-state index in [1.807, 2.05) is 20.8 Å². The monoisotopic (exact) mass is 477 g/mol. The van der Waals surface area contributed by atoms with Crippen molar-refractivity contribution in [3.05, 3.63) is 38.5 Å². The van der Waals surface area contributed by atoms with Crippen LogP contribution in [0.25, 0.3) is 10.2 Å². The topological polar surface area (TPSA) is 91.7 Å². The van der Waals surface area contributed by atoms with Gasteiger partial charge in [-0.2, -0.15) is 0 Å². The number of aromatic nitrogens is 2. The highest BCUT2D eigenvalue weighted by molar-refractivity contribution is 7.99. The number of hydrogen-bond acceptors (Lipinski definition) is 8. The summed E-state index contributed by atoms with van der Waals surface area (Å²) in [6, 6.07) is 3.58. The lowest BCUT2D eigenvalue weighted by molar-refractivity contribution is -0.118. The van der Waals surface area contributed by atoms with Gasteiger partial charge in [0.15, 0.2) is 16.7 Å². The SMILES string of the molecule is CCn1c(SCC(=O)NCc2cc(OC)c(OC)c(OC)c2)nc2sc(C)c(C)c2c1=O. The Hall–Kier alpha value is -2.72. The van der Waals surface area contributed by atoms with Crippen LogP contribution in [-0.2, 0) is 17.9 Å². The molecule has 0 radical (unpaired) electrons. The second-order valence-corrected chi connectivity index (χ2v) is 9.15. The molecule has 0 spiro atoms. The highest BCUT2D eigenvalue weighted by Gasteiger charge is 2.17. The van der Waals surface area contributed by atoms with Crippen LogP contribution in [0.3, 0.4) is 0 Å². The Balaban J connectivity index is 1.72. The molecule has 3 aromatic rings. The van der Waals surface area contributed by atoms with Crippen LogP contribution in [-0.4, -0.2) is 42.5 Å². The van der Waals surface area contributed by atoms with Crippen molar-refractivity contribution in [3.8, 4) is 17.2 Å². The van der Waals surface area contributed by atoms with Crippen molar-refractivity contribution >= 4 is 39.2 Å². The molecule has 8 nitrogen and oxygen atoms in total. The predicted octanol–water partition coefficient (Wildman–Crippen LogP) is 3.53. The number of benzene rings is 1. The summed E-state index contributed by atoms with van der Waals surface area (Å²) in [6.45, 7) is 6.62. The van der Waals surface area contributed by atoms with Crippen LogP contribution in [0.4, 0.5) is 0 Å². The first-order valence-electron chi connectivity index (χ1n) is 10.0. The van der Waals surface area contributed by atoms with E-state index in [-0.39, 0.29) is 17.2 Å². The molecule has 0 saturated heterocycles. The van der Waals surface area contributed by atoms with E-state index in [0.717, 1.165) is 20.8 Å². The zero-order chi connectivity index (χ0) is 23.4. The average molecular weight is 478 g/mol. The standard InChI is InChI=1S/C22H27N3O5S2/c1-7-25-21(27)18-12(2)13(3)32-20(18)24-22(25)31-11-17(26)23-10-14-8-15(28-4)19(30-6)16(9-14)29-5/h8-9H,7,10-11H2,1-6H3,(H,23,26). The van der Waals surface area contributed by atoms with E-state index in [9.17, 15) is 9.59 Å². The van der Waals surface area contributed by atoms with Crippen LogP contribution in [0.2, 0.25) is 0 Å². The van der Waals surface area contributed by atoms with Gasteiger partial charge in [0.2, 0.25) is 11.7 Å². The molecule has 0 aliphatic heterocycles. The lowest BCUT2D eigenvalue weighted by Gasteiger charge is -2.14. The van der Waals surface area contributed by atoms with Crippen LogP contribution in [0, 0.1) is 13.8 Å².